The van der Waals surface area contributed by atoms with Crippen LogP contribution in [-0.4, -0.2) is 62.3 Å². The highest BCUT2D eigenvalue weighted by molar-refractivity contribution is 7.86. The Kier molecular flexibility index (Phi) is 6.32. The van der Waals surface area contributed by atoms with Crippen LogP contribution in [0.15, 0.2) is 0 Å². The van der Waals surface area contributed by atoms with Gasteiger partial charge in [0.25, 0.3) is 10.2 Å². The molecule has 1 aliphatic carbocycles. The minimum absolute atomic E-state index is 0.0656. The Hall–Kier alpha value is 0.120. The number of rotatable bonds is 8. The fourth-order valence-corrected chi connectivity index (χ4v) is 5.14. The predicted octanol–water partition coefficient (Wildman–Crippen LogP) is 1.93. The van der Waals surface area contributed by atoms with Crippen LogP contribution in [0.3, 0.4) is 0 Å². The maximum Gasteiger partial charge on any atom is 0.282 e. The van der Waals surface area contributed by atoms with Gasteiger partial charge in [0, 0.05) is 38.7 Å². The molecule has 5 nitrogen and oxygen atoms in total. The van der Waals surface area contributed by atoms with Crippen molar-refractivity contribution < 1.29 is 13.2 Å². The molecule has 0 spiro atoms. The number of hydrogen-bond donors (Lipinski definition) is 0. The van der Waals surface area contributed by atoms with Crippen LogP contribution in [0.2, 0.25) is 0 Å². The third kappa shape index (κ3) is 4.32. The largest absolute Gasteiger partial charge is 0.383 e. The van der Waals surface area contributed by atoms with Crippen molar-refractivity contribution in [3.05, 3.63) is 0 Å². The summed E-state index contributed by atoms with van der Waals surface area (Å²) in [5.41, 5.74) is 0. The highest BCUT2D eigenvalue weighted by Gasteiger charge is 2.40. The van der Waals surface area contributed by atoms with Gasteiger partial charge in [-0.15, -0.1) is 11.6 Å². The summed E-state index contributed by atoms with van der Waals surface area (Å²) in [6.07, 6.45) is 3.99. The Balaban J connectivity index is 2.05. The quantitative estimate of drug-likeness (QED) is 0.635. The van der Waals surface area contributed by atoms with E-state index in [9.17, 15) is 8.42 Å². The van der Waals surface area contributed by atoms with Crippen LogP contribution in [0.5, 0.6) is 0 Å². The summed E-state index contributed by atoms with van der Waals surface area (Å²) in [7, 11) is -1.78. The van der Waals surface area contributed by atoms with Crippen LogP contribution in [0.1, 0.15) is 32.6 Å². The molecule has 2 rings (SSSR count). The average molecular weight is 339 g/mol. The SMILES string of the molecule is COCCN(C(C)C1CC1)S(=O)(=O)N1CCC(CCl)CC1. The van der Waals surface area contributed by atoms with Gasteiger partial charge in [-0.25, -0.2) is 0 Å². The van der Waals surface area contributed by atoms with Gasteiger partial charge in [0.15, 0.2) is 0 Å². The summed E-state index contributed by atoms with van der Waals surface area (Å²) in [6.45, 7) is 4.07. The van der Waals surface area contributed by atoms with Crippen molar-refractivity contribution >= 4 is 21.8 Å². The Morgan fingerprint density at radius 3 is 2.38 bits per heavy atom. The molecular weight excluding hydrogens is 312 g/mol. The molecule has 0 bridgehead atoms. The normalized spacial score (nSPS) is 23.6. The Morgan fingerprint density at radius 2 is 1.90 bits per heavy atom. The van der Waals surface area contributed by atoms with Crippen molar-refractivity contribution in [3.8, 4) is 0 Å². The number of hydrogen-bond acceptors (Lipinski definition) is 3. The lowest BCUT2D eigenvalue weighted by Crippen LogP contribution is -2.51. The molecule has 1 saturated carbocycles. The predicted molar refractivity (Wildman–Crippen MR) is 84.7 cm³/mol. The summed E-state index contributed by atoms with van der Waals surface area (Å²) in [4.78, 5) is 0. The van der Waals surface area contributed by atoms with E-state index >= 15 is 0 Å². The third-order valence-corrected chi connectivity index (χ3v) is 7.25. The lowest BCUT2D eigenvalue weighted by molar-refractivity contribution is 0.157. The summed E-state index contributed by atoms with van der Waals surface area (Å²) >= 11 is 5.88. The van der Waals surface area contributed by atoms with E-state index in [0.29, 0.717) is 44.0 Å². The summed E-state index contributed by atoms with van der Waals surface area (Å²) in [6, 6.07) is 0.0656. The molecule has 2 fully saturated rings. The van der Waals surface area contributed by atoms with E-state index in [2.05, 4.69) is 0 Å². The maximum atomic E-state index is 12.9. The van der Waals surface area contributed by atoms with Crippen molar-refractivity contribution in [2.45, 2.75) is 38.6 Å². The van der Waals surface area contributed by atoms with Crippen LogP contribution >= 0.6 is 11.6 Å². The smallest absolute Gasteiger partial charge is 0.282 e. The zero-order chi connectivity index (χ0) is 15.5. The molecule has 0 aromatic rings. The lowest BCUT2D eigenvalue weighted by atomic mass is 10.0. The number of piperidine rings is 1. The zero-order valence-electron chi connectivity index (χ0n) is 13.0. The van der Waals surface area contributed by atoms with Gasteiger partial charge in [-0.2, -0.15) is 17.0 Å². The third-order valence-electron chi connectivity index (χ3n) is 4.69. The second-order valence-electron chi connectivity index (χ2n) is 6.19. The number of methoxy groups -OCH3 is 1. The molecule has 124 valence electrons. The summed E-state index contributed by atoms with van der Waals surface area (Å²) < 4.78 is 34.2. The van der Waals surface area contributed by atoms with Crippen LogP contribution in [0.25, 0.3) is 0 Å². The molecular formula is C14H27ClN2O3S. The summed E-state index contributed by atoms with van der Waals surface area (Å²) in [5, 5.41) is 0. The van der Waals surface area contributed by atoms with Crippen molar-refractivity contribution in [1.29, 1.82) is 0 Å². The topological polar surface area (TPSA) is 49.9 Å². The molecule has 1 atom stereocenters. The first-order valence-corrected chi connectivity index (χ1v) is 9.75. The van der Waals surface area contributed by atoms with E-state index < -0.39 is 10.2 Å². The first-order chi connectivity index (χ1) is 10.0. The Labute approximate surface area is 133 Å². The maximum absolute atomic E-state index is 12.9. The van der Waals surface area contributed by atoms with Crippen molar-refractivity contribution in [1.82, 2.24) is 8.61 Å². The van der Waals surface area contributed by atoms with Crippen LogP contribution in [-0.2, 0) is 14.9 Å². The highest BCUT2D eigenvalue weighted by atomic mass is 35.5. The lowest BCUT2D eigenvalue weighted by Gasteiger charge is -2.37. The van der Waals surface area contributed by atoms with E-state index in [-0.39, 0.29) is 6.04 Å². The molecule has 21 heavy (non-hydrogen) atoms. The molecule has 1 aliphatic heterocycles. The van der Waals surface area contributed by atoms with Crippen molar-refractivity contribution in [2.24, 2.45) is 11.8 Å². The van der Waals surface area contributed by atoms with Gasteiger partial charge in [0.2, 0.25) is 0 Å². The standard InChI is InChI=1S/C14H27ClN2O3S/c1-12(14-3-4-14)17(9-10-20-2)21(18,19)16-7-5-13(11-15)6-8-16/h12-14H,3-11H2,1-2H3. The van der Waals surface area contributed by atoms with E-state index in [4.69, 9.17) is 16.3 Å². The monoisotopic (exact) mass is 338 g/mol. The fourth-order valence-electron chi connectivity index (χ4n) is 2.97. The van der Waals surface area contributed by atoms with Crippen LogP contribution in [0, 0.1) is 11.8 Å². The number of alkyl halides is 1. The second kappa shape index (κ2) is 7.59. The second-order valence-corrected chi connectivity index (χ2v) is 8.38. The first-order valence-electron chi connectivity index (χ1n) is 7.82. The highest BCUT2D eigenvalue weighted by Crippen LogP contribution is 2.36. The zero-order valence-corrected chi connectivity index (χ0v) is 14.6. The van der Waals surface area contributed by atoms with Crippen LogP contribution in [0.4, 0.5) is 0 Å². The van der Waals surface area contributed by atoms with Crippen LogP contribution < -0.4 is 0 Å². The van der Waals surface area contributed by atoms with E-state index in [1.165, 1.54) is 0 Å². The minimum Gasteiger partial charge on any atom is -0.383 e. The van der Waals surface area contributed by atoms with Gasteiger partial charge in [-0.05, 0) is 44.4 Å². The van der Waals surface area contributed by atoms with Gasteiger partial charge in [-0.3, -0.25) is 0 Å². The first kappa shape index (κ1) is 17.5. The van der Waals surface area contributed by atoms with Gasteiger partial charge in [-0.1, -0.05) is 0 Å². The number of nitrogens with zero attached hydrogens (tertiary/aromatic N) is 2. The molecule has 1 saturated heterocycles. The molecule has 0 radical (unpaired) electrons. The molecule has 7 heteroatoms. The molecule has 0 aromatic heterocycles. The fraction of sp³-hybridized carbons (Fsp3) is 1.00. The molecule has 0 aromatic carbocycles. The van der Waals surface area contributed by atoms with E-state index in [1.54, 1.807) is 15.7 Å². The Morgan fingerprint density at radius 1 is 1.29 bits per heavy atom. The van der Waals surface area contributed by atoms with Gasteiger partial charge >= 0.3 is 0 Å². The molecule has 2 aliphatic rings. The minimum atomic E-state index is -3.39. The van der Waals surface area contributed by atoms with E-state index in [0.717, 1.165) is 25.7 Å². The van der Waals surface area contributed by atoms with E-state index in [1.807, 2.05) is 6.92 Å². The number of halogens is 1. The average Bonchev–Trinajstić information content (AvgIpc) is 3.32. The van der Waals surface area contributed by atoms with Gasteiger partial charge < -0.3 is 4.74 Å². The molecule has 0 amide bonds. The number of ether oxygens (including phenoxy) is 1. The molecule has 1 unspecified atom stereocenters. The molecule has 1 heterocycles. The van der Waals surface area contributed by atoms with Crippen molar-refractivity contribution in [3.63, 3.8) is 0 Å². The van der Waals surface area contributed by atoms with Crippen molar-refractivity contribution in [2.75, 3.05) is 39.2 Å². The van der Waals surface area contributed by atoms with Gasteiger partial charge in [0.1, 0.15) is 0 Å². The van der Waals surface area contributed by atoms with Gasteiger partial charge in [0.05, 0.1) is 6.61 Å². The molecule has 0 N–H and O–H groups in total. The Bertz CT molecular complexity index is 420. The summed E-state index contributed by atoms with van der Waals surface area (Å²) in [5.74, 6) is 1.59.